The van der Waals surface area contributed by atoms with Crippen LogP contribution >= 0.6 is 11.8 Å². The lowest BCUT2D eigenvalue weighted by atomic mass is 10.1. The van der Waals surface area contributed by atoms with Gasteiger partial charge in [0.1, 0.15) is 6.04 Å². The molecule has 2 unspecified atom stereocenters. The number of thioether (sulfide) groups is 1. The van der Waals surface area contributed by atoms with Crippen LogP contribution in [0.1, 0.15) is 12.0 Å². The molecule has 8 heteroatoms. The van der Waals surface area contributed by atoms with E-state index in [1.165, 1.54) is 11.8 Å². The van der Waals surface area contributed by atoms with Crippen molar-refractivity contribution >= 4 is 33.5 Å². The van der Waals surface area contributed by atoms with Crippen molar-refractivity contribution in [3.8, 4) is 0 Å². The molecule has 1 aromatic rings. The Bertz CT molecular complexity index is 660. The molecule has 0 spiro atoms. The minimum Gasteiger partial charge on any atom is -0.480 e. The van der Waals surface area contributed by atoms with Gasteiger partial charge in [0.2, 0.25) is 5.91 Å². The molecule has 2 N–H and O–H groups in total. The van der Waals surface area contributed by atoms with E-state index in [0.717, 1.165) is 5.56 Å². The standard InChI is InChI=1S/C15H19NO5S2/c17-14(9-22-12-6-7-23(20,21)10-12)16-13(15(18)19)8-11-4-2-1-3-5-11/h1-5,12-13H,6-10H2,(H,16,17)(H,18,19). The Morgan fingerprint density at radius 2 is 2.00 bits per heavy atom. The van der Waals surface area contributed by atoms with Gasteiger partial charge in [-0.05, 0) is 12.0 Å². The van der Waals surface area contributed by atoms with E-state index in [9.17, 15) is 23.1 Å². The average molecular weight is 357 g/mol. The Kier molecular flexibility index (Phi) is 6.06. The summed E-state index contributed by atoms with van der Waals surface area (Å²) in [4.78, 5) is 23.2. The Morgan fingerprint density at radius 1 is 1.30 bits per heavy atom. The lowest BCUT2D eigenvalue weighted by Gasteiger charge is -2.15. The van der Waals surface area contributed by atoms with Crippen molar-refractivity contribution in [3.63, 3.8) is 0 Å². The summed E-state index contributed by atoms with van der Waals surface area (Å²) in [5, 5.41) is 11.7. The van der Waals surface area contributed by atoms with E-state index >= 15 is 0 Å². The van der Waals surface area contributed by atoms with Crippen molar-refractivity contribution in [2.24, 2.45) is 0 Å². The molecule has 1 heterocycles. The predicted molar refractivity (Wildman–Crippen MR) is 89.2 cm³/mol. The summed E-state index contributed by atoms with van der Waals surface area (Å²) in [7, 11) is -2.97. The lowest BCUT2D eigenvalue weighted by Crippen LogP contribution is -2.43. The highest BCUT2D eigenvalue weighted by Crippen LogP contribution is 2.24. The van der Waals surface area contributed by atoms with Crippen molar-refractivity contribution in [1.82, 2.24) is 5.32 Å². The Labute approximate surface area is 139 Å². The Balaban J connectivity index is 1.83. The normalized spacial score (nSPS) is 20.8. The monoisotopic (exact) mass is 357 g/mol. The second-order valence-electron chi connectivity index (χ2n) is 5.48. The first-order valence-electron chi connectivity index (χ1n) is 7.24. The smallest absolute Gasteiger partial charge is 0.326 e. The summed E-state index contributed by atoms with van der Waals surface area (Å²) >= 11 is 1.27. The molecule has 1 amide bonds. The maximum absolute atomic E-state index is 11.9. The van der Waals surface area contributed by atoms with Gasteiger partial charge in [0.15, 0.2) is 9.84 Å². The summed E-state index contributed by atoms with van der Waals surface area (Å²) in [5.74, 6) is -1.15. The van der Waals surface area contributed by atoms with Gasteiger partial charge in [0.05, 0.1) is 17.3 Å². The average Bonchev–Trinajstić information content (AvgIpc) is 2.85. The molecule has 1 saturated heterocycles. The molecule has 2 rings (SSSR count). The molecule has 0 bridgehead atoms. The third-order valence-corrected chi connectivity index (χ3v) is 6.84. The number of carboxylic acid groups (broad SMARTS) is 1. The van der Waals surface area contributed by atoms with E-state index in [2.05, 4.69) is 5.32 Å². The van der Waals surface area contributed by atoms with E-state index in [-0.39, 0.29) is 34.8 Å². The number of nitrogens with one attached hydrogen (secondary N) is 1. The van der Waals surface area contributed by atoms with Crippen molar-refractivity contribution in [1.29, 1.82) is 0 Å². The summed E-state index contributed by atoms with van der Waals surface area (Å²) in [6, 6.07) is 8.08. The number of carboxylic acids is 1. The number of aliphatic carboxylic acids is 1. The maximum Gasteiger partial charge on any atom is 0.326 e. The molecule has 6 nitrogen and oxygen atoms in total. The van der Waals surface area contributed by atoms with Gasteiger partial charge in [-0.25, -0.2) is 13.2 Å². The van der Waals surface area contributed by atoms with Crippen molar-refractivity contribution in [2.75, 3.05) is 17.3 Å². The molecule has 126 valence electrons. The quantitative estimate of drug-likeness (QED) is 0.746. The van der Waals surface area contributed by atoms with E-state index < -0.39 is 21.8 Å². The first-order valence-corrected chi connectivity index (χ1v) is 10.1. The predicted octanol–water partition coefficient (Wildman–Crippen LogP) is 0.719. The van der Waals surface area contributed by atoms with Crippen LogP contribution in [0.2, 0.25) is 0 Å². The molecule has 0 aliphatic carbocycles. The highest BCUT2D eigenvalue weighted by molar-refractivity contribution is 8.02. The zero-order valence-corrected chi connectivity index (χ0v) is 14.1. The number of rotatable bonds is 7. The molecule has 0 radical (unpaired) electrons. The van der Waals surface area contributed by atoms with Crippen LogP contribution in [0.3, 0.4) is 0 Å². The number of hydrogen-bond donors (Lipinski definition) is 2. The van der Waals surface area contributed by atoms with E-state index in [1.807, 2.05) is 18.2 Å². The molecule has 2 atom stereocenters. The highest BCUT2D eigenvalue weighted by Gasteiger charge is 2.29. The number of carbonyl (C=O) groups is 2. The van der Waals surface area contributed by atoms with Crippen LogP contribution in [0.15, 0.2) is 30.3 Å². The van der Waals surface area contributed by atoms with E-state index in [1.54, 1.807) is 12.1 Å². The first-order chi connectivity index (χ1) is 10.9. The summed E-state index contributed by atoms with van der Waals surface area (Å²) < 4.78 is 22.7. The van der Waals surface area contributed by atoms with Gasteiger partial charge in [-0.1, -0.05) is 30.3 Å². The van der Waals surface area contributed by atoms with Crippen molar-refractivity contribution in [2.45, 2.75) is 24.1 Å². The van der Waals surface area contributed by atoms with Gasteiger partial charge in [0.25, 0.3) is 0 Å². The highest BCUT2D eigenvalue weighted by atomic mass is 32.2. The maximum atomic E-state index is 11.9. The second-order valence-corrected chi connectivity index (χ2v) is 9.00. The molecule has 1 fully saturated rings. The SMILES string of the molecule is O=C(CSC1CCS(=O)(=O)C1)NC(Cc1ccccc1)C(=O)O. The fourth-order valence-corrected chi connectivity index (χ4v) is 5.83. The summed E-state index contributed by atoms with van der Waals surface area (Å²) in [5.41, 5.74) is 0.828. The van der Waals surface area contributed by atoms with Gasteiger partial charge in [-0.3, -0.25) is 4.79 Å². The number of carbonyl (C=O) groups excluding carboxylic acids is 1. The van der Waals surface area contributed by atoms with Gasteiger partial charge in [-0.2, -0.15) is 0 Å². The first kappa shape index (κ1) is 17.8. The fourth-order valence-electron chi connectivity index (χ4n) is 2.37. The number of amides is 1. The molecular formula is C15H19NO5S2. The molecule has 1 aliphatic heterocycles. The van der Waals surface area contributed by atoms with Crippen LogP contribution in [-0.4, -0.2) is 54.0 Å². The molecule has 1 aliphatic rings. The van der Waals surface area contributed by atoms with Gasteiger partial charge < -0.3 is 10.4 Å². The van der Waals surface area contributed by atoms with Crippen molar-refractivity contribution in [3.05, 3.63) is 35.9 Å². The largest absolute Gasteiger partial charge is 0.480 e. The van der Waals surface area contributed by atoms with Crippen LogP contribution < -0.4 is 5.32 Å². The Morgan fingerprint density at radius 3 is 2.57 bits per heavy atom. The van der Waals surface area contributed by atoms with Gasteiger partial charge >= 0.3 is 5.97 Å². The van der Waals surface area contributed by atoms with Crippen LogP contribution in [0, 0.1) is 0 Å². The minimum absolute atomic E-state index is 0.0682. The fraction of sp³-hybridized carbons (Fsp3) is 0.467. The molecule has 1 aromatic carbocycles. The third-order valence-electron chi connectivity index (χ3n) is 3.56. The topological polar surface area (TPSA) is 101 Å². The van der Waals surface area contributed by atoms with Gasteiger partial charge in [0, 0.05) is 11.7 Å². The van der Waals surface area contributed by atoms with E-state index in [4.69, 9.17) is 0 Å². The molecule has 0 aromatic heterocycles. The lowest BCUT2D eigenvalue weighted by molar-refractivity contribution is -0.141. The van der Waals surface area contributed by atoms with Crippen molar-refractivity contribution < 1.29 is 23.1 Å². The summed E-state index contributed by atoms with van der Waals surface area (Å²) in [6.45, 7) is 0. The zero-order valence-electron chi connectivity index (χ0n) is 12.5. The number of sulfone groups is 1. The second kappa shape index (κ2) is 7.83. The van der Waals surface area contributed by atoms with Crippen LogP contribution in [0.25, 0.3) is 0 Å². The third kappa shape index (κ3) is 5.87. The van der Waals surface area contributed by atoms with Crippen LogP contribution in [-0.2, 0) is 25.8 Å². The molecule has 23 heavy (non-hydrogen) atoms. The van der Waals surface area contributed by atoms with Crippen LogP contribution in [0.5, 0.6) is 0 Å². The number of hydrogen-bond acceptors (Lipinski definition) is 5. The zero-order chi connectivity index (χ0) is 16.9. The van der Waals surface area contributed by atoms with E-state index in [0.29, 0.717) is 6.42 Å². The van der Waals surface area contributed by atoms with Crippen LogP contribution in [0.4, 0.5) is 0 Å². The number of benzene rings is 1. The van der Waals surface area contributed by atoms with Gasteiger partial charge in [-0.15, -0.1) is 11.8 Å². The minimum atomic E-state index is -2.97. The molecular weight excluding hydrogens is 338 g/mol. The Hall–Kier alpha value is -1.54. The molecule has 0 saturated carbocycles. The summed E-state index contributed by atoms with van der Waals surface area (Å²) in [6.07, 6.45) is 0.761.